The van der Waals surface area contributed by atoms with Crippen molar-refractivity contribution in [3.63, 3.8) is 0 Å². The number of phosphoric ester groups is 1. The van der Waals surface area contributed by atoms with Crippen LogP contribution in [0.1, 0.15) is 348 Å². The molecule has 552 valence electrons. The van der Waals surface area contributed by atoms with E-state index in [1.165, 1.54) is 205 Å². The molecule has 0 aliphatic rings. The van der Waals surface area contributed by atoms with E-state index in [4.69, 9.17) is 18.5 Å². The number of esters is 2. The Bertz CT molecular complexity index is 2090. The summed E-state index contributed by atoms with van der Waals surface area (Å²) in [4.78, 5) is 38.2. The number of hydrogen-bond acceptors (Lipinski definition) is 8. The summed E-state index contributed by atoms with van der Waals surface area (Å²) in [5.41, 5.74) is 0. The molecular weight excluding hydrogens is 1210 g/mol. The number of carbonyl (C=O) groups is 2. The minimum atomic E-state index is -4.65. The Morgan fingerprint density at radius 2 is 0.594 bits per heavy atom. The zero-order valence-corrected chi connectivity index (χ0v) is 63.9. The zero-order valence-electron chi connectivity index (χ0n) is 63.0. The third kappa shape index (κ3) is 79.1. The molecule has 0 spiro atoms. The molecule has 0 saturated carbocycles. The van der Waals surface area contributed by atoms with Crippen molar-refractivity contribution in [2.24, 2.45) is 0 Å². The molecule has 0 rings (SSSR count). The summed E-state index contributed by atoms with van der Waals surface area (Å²) in [7, 11) is 1.16. The molecule has 0 aromatic rings. The quantitative estimate of drug-likeness (QED) is 0.0195. The van der Waals surface area contributed by atoms with Crippen LogP contribution in [0.25, 0.3) is 0 Å². The lowest BCUT2D eigenvalue weighted by Crippen LogP contribution is -2.37. The van der Waals surface area contributed by atoms with Gasteiger partial charge in [0.05, 0.1) is 27.7 Å². The molecule has 0 heterocycles. The minimum Gasteiger partial charge on any atom is -0.756 e. The molecule has 2 unspecified atom stereocenters. The molecule has 10 heteroatoms. The fourth-order valence-corrected chi connectivity index (χ4v) is 11.8. The lowest BCUT2D eigenvalue weighted by Gasteiger charge is -2.28. The molecule has 0 aliphatic heterocycles. The maximum Gasteiger partial charge on any atom is 0.306 e. The second kappa shape index (κ2) is 75.4. The second-order valence-corrected chi connectivity index (χ2v) is 29.1. The molecule has 0 fully saturated rings. The van der Waals surface area contributed by atoms with E-state index in [2.05, 4.69) is 148 Å². The average Bonchev–Trinajstić information content (AvgIpc) is 2.72. The third-order valence-electron chi connectivity index (χ3n) is 17.2. The van der Waals surface area contributed by atoms with Crippen molar-refractivity contribution in [3.05, 3.63) is 134 Å². The summed E-state index contributed by atoms with van der Waals surface area (Å²) in [6.07, 6.45) is 110. The Morgan fingerprint density at radius 3 is 0.885 bits per heavy atom. The molecule has 0 amide bonds. The topological polar surface area (TPSA) is 111 Å². The number of quaternary nitrogens is 1. The Labute approximate surface area is 593 Å². The predicted molar refractivity (Wildman–Crippen MR) is 415 cm³/mol. The lowest BCUT2D eigenvalue weighted by molar-refractivity contribution is -0.870. The van der Waals surface area contributed by atoms with Crippen LogP contribution >= 0.6 is 7.82 Å². The average molecular weight is 1360 g/mol. The van der Waals surface area contributed by atoms with Crippen LogP contribution in [0.3, 0.4) is 0 Å². The molecule has 0 aromatic carbocycles. The number of hydrogen-bond donors (Lipinski definition) is 0. The molecule has 0 N–H and O–H groups in total. The lowest BCUT2D eigenvalue weighted by atomic mass is 10.0. The van der Waals surface area contributed by atoms with Gasteiger partial charge in [-0.2, -0.15) is 0 Å². The number of rotatable bonds is 73. The molecule has 2 atom stereocenters. The van der Waals surface area contributed by atoms with E-state index < -0.39 is 26.5 Å². The van der Waals surface area contributed by atoms with Crippen molar-refractivity contribution >= 4 is 19.8 Å². The number of likely N-dealkylation sites (N-methyl/N-ethyl adjacent to an activating group) is 1. The maximum atomic E-state index is 12.9. The van der Waals surface area contributed by atoms with Crippen LogP contribution in [0.4, 0.5) is 0 Å². The van der Waals surface area contributed by atoms with Crippen LogP contribution in [0, 0.1) is 0 Å². The second-order valence-electron chi connectivity index (χ2n) is 27.7. The van der Waals surface area contributed by atoms with Gasteiger partial charge in [-0.25, -0.2) is 0 Å². The van der Waals surface area contributed by atoms with E-state index >= 15 is 0 Å². The number of carbonyl (C=O) groups excluding carboxylic acids is 2. The highest BCUT2D eigenvalue weighted by atomic mass is 31.2. The van der Waals surface area contributed by atoms with E-state index in [0.29, 0.717) is 17.4 Å². The van der Waals surface area contributed by atoms with Crippen molar-refractivity contribution in [2.45, 2.75) is 354 Å². The van der Waals surface area contributed by atoms with Crippen LogP contribution in [-0.4, -0.2) is 70.0 Å². The Hall–Kier alpha value is -3.85. The van der Waals surface area contributed by atoms with Crippen molar-refractivity contribution in [3.8, 4) is 0 Å². The molecule has 0 aliphatic carbocycles. The molecule has 0 aromatic heterocycles. The first-order chi connectivity index (χ1) is 47.0. The van der Waals surface area contributed by atoms with Crippen LogP contribution in [0.2, 0.25) is 0 Å². The summed E-state index contributed by atoms with van der Waals surface area (Å²) >= 11 is 0. The fourth-order valence-electron chi connectivity index (χ4n) is 11.1. The summed E-state index contributed by atoms with van der Waals surface area (Å²) < 4.78 is 34.4. The van der Waals surface area contributed by atoms with Crippen LogP contribution in [0.5, 0.6) is 0 Å². The smallest absolute Gasteiger partial charge is 0.306 e. The van der Waals surface area contributed by atoms with Crippen molar-refractivity contribution in [1.82, 2.24) is 0 Å². The largest absolute Gasteiger partial charge is 0.756 e. The van der Waals surface area contributed by atoms with Gasteiger partial charge in [-0.15, -0.1) is 0 Å². The van der Waals surface area contributed by atoms with Crippen molar-refractivity contribution in [2.75, 3.05) is 47.5 Å². The summed E-state index contributed by atoms with van der Waals surface area (Å²) in [5, 5.41) is 0. The first-order valence-electron chi connectivity index (χ1n) is 39.9. The van der Waals surface area contributed by atoms with Gasteiger partial charge in [-0.1, -0.05) is 353 Å². The molecule has 0 saturated heterocycles. The first-order valence-corrected chi connectivity index (χ1v) is 41.4. The van der Waals surface area contributed by atoms with Gasteiger partial charge in [0, 0.05) is 12.8 Å². The third-order valence-corrected chi connectivity index (χ3v) is 18.1. The van der Waals surface area contributed by atoms with Gasteiger partial charge in [0.1, 0.15) is 19.8 Å². The van der Waals surface area contributed by atoms with Crippen LogP contribution in [0.15, 0.2) is 134 Å². The van der Waals surface area contributed by atoms with Gasteiger partial charge in [-0.05, 0) is 116 Å². The Kier molecular flexibility index (Phi) is 72.3. The molecule has 0 radical (unpaired) electrons. The number of ether oxygens (including phenoxy) is 2. The van der Waals surface area contributed by atoms with Gasteiger partial charge in [0.15, 0.2) is 6.10 Å². The Morgan fingerprint density at radius 1 is 0.333 bits per heavy atom. The number of nitrogens with zero attached hydrogens (tertiary/aromatic N) is 1. The number of phosphoric acid groups is 1. The van der Waals surface area contributed by atoms with Crippen LogP contribution < -0.4 is 4.89 Å². The fraction of sp³-hybridized carbons (Fsp3) is 0.721. The Balaban J connectivity index is 4.02. The first kappa shape index (κ1) is 92.2. The standard InChI is InChI=1S/C86H150NO8P/c1-6-8-10-12-14-16-18-20-22-24-26-28-30-32-34-36-38-40-42-43-45-47-49-51-53-55-57-59-61-63-65-67-69-71-73-75-77-79-86(89)95-84(83-94-96(90,91)93-81-80-87(3,4)5)82-92-85(88)78-76-74-72-70-68-66-64-62-60-58-56-54-52-50-48-46-44-41-39-37-35-33-31-29-27-25-23-21-19-17-15-13-11-9-7-2/h8,10,14,16,19-22,25-28,32,34,38,40,43,45,49,51,55,57,84H,6-7,9,11-13,15,17-18,23-24,29-31,33,35-37,39,41-42,44,46-48,50,52-54,56,58-83H2,1-5H3/b10-8-,16-14-,21-19-,22-20-,27-25-,28-26-,34-32-,40-38-,45-43-,51-49-,57-55-. The van der Waals surface area contributed by atoms with E-state index in [0.717, 1.165) is 109 Å². The van der Waals surface area contributed by atoms with Gasteiger partial charge >= 0.3 is 11.9 Å². The highest BCUT2D eigenvalue weighted by molar-refractivity contribution is 7.45. The summed E-state index contributed by atoms with van der Waals surface area (Å²) in [6, 6.07) is 0. The van der Waals surface area contributed by atoms with Gasteiger partial charge < -0.3 is 27.9 Å². The number of unbranched alkanes of at least 4 members (excludes halogenated alkanes) is 37. The van der Waals surface area contributed by atoms with Gasteiger partial charge in [0.25, 0.3) is 7.82 Å². The highest BCUT2D eigenvalue weighted by Crippen LogP contribution is 2.38. The van der Waals surface area contributed by atoms with Crippen molar-refractivity contribution < 1.29 is 42.1 Å². The summed E-state index contributed by atoms with van der Waals surface area (Å²) in [6.45, 7) is 4.14. The van der Waals surface area contributed by atoms with Crippen molar-refractivity contribution in [1.29, 1.82) is 0 Å². The molecular formula is C86H150NO8P. The predicted octanol–water partition coefficient (Wildman–Crippen LogP) is 26.1. The molecule has 0 bridgehead atoms. The van der Waals surface area contributed by atoms with E-state index in [9.17, 15) is 19.0 Å². The SMILES string of the molecule is CC/C=C\C/C=C\C/C=C\C/C=C\C/C=C\C/C=C\C/C=C\C/C=C\C/C=C\CCCCCCCCCCCC(=O)OC(COC(=O)CCCCCCCCCCCCCCCCCCCCCCCCC/C=C\C/C=C\CCCCCCC)COP(=O)([O-])OCC[N+](C)(C)C. The van der Waals surface area contributed by atoms with Gasteiger partial charge in [-0.3, -0.25) is 14.2 Å². The normalized spacial score (nSPS) is 13.8. The summed E-state index contributed by atoms with van der Waals surface area (Å²) in [5.74, 6) is -0.834. The van der Waals surface area contributed by atoms with E-state index in [1.807, 2.05) is 21.1 Å². The monoisotopic (exact) mass is 1360 g/mol. The molecule has 9 nitrogen and oxygen atoms in total. The van der Waals surface area contributed by atoms with Crippen LogP contribution in [-0.2, 0) is 32.7 Å². The minimum absolute atomic E-state index is 0.0363. The molecule has 96 heavy (non-hydrogen) atoms. The van der Waals surface area contributed by atoms with E-state index in [1.54, 1.807) is 0 Å². The highest BCUT2D eigenvalue weighted by Gasteiger charge is 2.22. The zero-order chi connectivity index (χ0) is 69.7. The van der Waals surface area contributed by atoms with Gasteiger partial charge in [0.2, 0.25) is 0 Å². The number of allylic oxidation sites excluding steroid dienone is 22. The van der Waals surface area contributed by atoms with E-state index in [-0.39, 0.29) is 32.0 Å². The maximum absolute atomic E-state index is 12.9.